The molecule has 3 heteroatoms. The Bertz CT molecular complexity index is 141. The molecule has 0 spiro atoms. The van der Waals surface area contributed by atoms with Crippen molar-refractivity contribution in [2.45, 2.75) is 0 Å². The van der Waals surface area contributed by atoms with Gasteiger partial charge in [0, 0.05) is 0 Å². The van der Waals surface area contributed by atoms with Gasteiger partial charge in [0.25, 0.3) is 0 Å². The molecule has 0 radical (unpaired) electrons. The van der Waals surface area contributed by atoms with Crippen molar-refractivity contribution in [3.63, 3.8) is 0 Å². The maximum Gasteiger partial charge on any atom is -1.00 e. The van der Waals surface area contributed by atoms with Gasteiger partial charge in [-0.2, -0.15) is 0 Å². The van der Waals surface area contributed by atoms with Crippen molar-refractivity contribution in [2.75, 3.05) is 0 Å². The summed E-state index contributed by atoms with van der Waals surface area (Å²) < 4.78 is 0. The smallest absolute Gasteiger partial charge is 1.00 e. The predicted octanol–water partition coefficient (Wildman–Crippen LogP) is -5.51. The van der Waals surface area contributed by atoms with Crippen LogP contribution in [-0.4, -0.2) is 7.85 Å². The molecule has 0 nitrogen and oxygen atoms in total. The molecule has 0 aromatic heterocycles. The summed E-state index contributed by atoms with van der Waals surface area (Å²) in [4.78, 5) is 0. The largest absolute Gasteiger partial charge is 1.00 e. The van der Waals surface area contributed by atoms with Gasteiger partial charge in [-0.1, -0.05) is 0 Å². The molecule has 1 rings (SSSR count). The minimum Gasteiger partial charge on any atom is -1.00 e. The molecule has 0 saturated carbocycles. The first-order valence-corrected chi connectivity index (χ1v) is 2.20. The van der Waals surface area contributed by atoms with Crippen molar-refractivity contribution >= 4 is 13.3 Å². The van der Waals surface area contributed by atoms with Crippen LogP contribution in [-0.2, 0) is 0 Å². The fourth-order valence-corrected chi connectivity index (χ4v) is 0.453. The third-order valence-corrected chi connectivity index (χ3v) is 0.800. The molecule has 0 atom stereocenters. The molecular weight excluding hydrogens is 337 g/mol. The molecule has 0 N–H and O–H groups in total. The van der Waals surface area contributed by atoms with Gasteiger partial charge in [0.1, 0.15) is 0 Å². The van der Waals surface area contributed by atoms with Crippen LogP contribution in [0.2, 0.25) is 0 Å². The quantitative estimate of drug-likeness (QED) is 0.326. The number of rotatable bonds is 0. The van der Waals surface area contributed by atoms with E-state index in [0.717, 1.165) is 5.46 Å². The van der Waals surface area contributed by atoms with Crippen molar-refractivity contribution < 1.29 is 48.0 Å². The van der Waals surface area contributed by atoms with Crippen molar-refractivity contribution in [3.8, 4) is 0 Å². The van der Waals surface area contributed by atoms with E-state index in [4.69, 9.17) is 7.85 Å². The second-order valence-electron chi connectivity index (χ2n) is 1.41. The predicted molar refractivity (Wildman–Crippen MR) is 31.8 cm³/mol. The van der Waals surface area contributed by atoms with E-state index in [2.05, 4.69) is 0 Å². The minimum absolute atomic E-state index is 0. The number of hydrogen-bond acceptors (Lipinski definition) is 0. The van der Waals surface area contributed by atoms with Crippen LogP contribution >= 0.6 is 0 Å². The first-order chi connectivity index (χ1) is 3.39. The van der Waals surface area contributed by atoms with Crippen LogP contribution in [0.25, 0.3) is 0 Å². The van der Waals surface area contributed by atoms with E-state index in [1.165, 1.54) is 0 Å². The zero-order chi connectivity index (χ0) is 5.11. The second-order valence-corrected chi connectivity index (χ2v) is 1.41. The Hall–Kier alpha value is 0.745. The van der Waals surface area contributed by atoms with Gasteiger partial charge in [-0.25, -0.2) is 0 Å². The molecule has 0 fully saturated rings. The molecule has 46 valence electrons. The van der Waals surface area contributed by atoms with E-state index in [0.29, 0.717) is 0 Å². The Morgan fingerprint density at radius 2 is 1.33 bits per heavy atom. The van der Waals surface area contributed by atoms with Gasteiger partial charge in [-0.05, 0) is 0 Å². The summed E-state index contributed by atoms with van der Waals surface area (Å²) >= 11 is 0. The van der Waals surface area contributed by atoms with Crippen LogP contribution < -0.4 is 53.4 Å². The van der Waals surface area contributed by atoms with Crippen LogP contribution in [0.15, 0.2) is 30.3 Å². The van der Waals surface area contributed by atoms with Gasteiger partial charge in [-0.15, -0.1) is 0 Å². The molecule has 1 aromatic carbocycles. The molecule has 0 amide bonds. The number of halogens is 2. The Morgan fingerprint density at radius 3 is 1.56 bits per heavy atom. The van der Waals surface area contributed by atoms with E-state index in [-0.39, 0.29) is 48.0 Å². The Kier molecular flexibility index (Phi) is 9.47. The molecule has 0 aliphatic carbocycles. The second kappa shape index (κ2) is 6.86. The number of hydrogen-bond donors (Lipinski definition) is 0. The maximum absolute atomic E-state index is 5.36. The van der Waals surface area contributed by atoms with Gasteiger partial charge in [0.15, 0.2) is 0 Å². The van der Waals surface area contributed by atoms with Crippen LogP contribution in [0.5, 0.6) is 0 Å². The molecule has 0 bridgehead atoms. The first kappa shape index (κ1) is 12.4. The fraction of sp³-hybridized carbons (Fsp3) is 0. The SMILES string of the molecule is [B+2]c1ccccc1.[I-].[I-]. The average molecular weight is 342 g/mol. The Balaban J connectivity index is 0. The van der Waals surface area contributed by atoms with Crippen molar-refractivity contribution in [1.82, 2.24) is 0 Å². The van der Waals surface area contributed by atoms with E-state index in [1.807, 2.05) is 30.3 Å². The summed E-state index contributed by atoms with van der Waals surface area (Å²) in [5.41, 5.74) is 0.822. The number of benzene rings is 1. The molecule has 0 aliphatic heterocycles. The summed E-state index contributed by atoms with van der Waals surface area (Å²) in [5, 5.41) is 0. The zero-order valence-electron chi connectivity index (χ0n) is 4.72. The molecule has 9 heavy (non-hydrogen) atoms. The minimum atomic E-state index is 0. The summed E-state index contributed by atoms with van der Waals surface area (Å²) in [7, 11) is 5.36. The van der Waals surface area contributed by atoms with Gasteiger partial charge in [-0.3, -0.25) is 0 Å². The topological polar surface area (TPSA) is 0 Å². The summed E-state index contributed by atoms with van der Waals surface area (Å²) in [6.07, 6.45) is 0. The van der Waals surface area contributed by atoms with Gasteiger partial charge in [0.05, 0.1) is 0 Å². The van der Waals surface area contributed by atoms with Gasteiger partial charge < -0.3 is 48.0 Å². The van der Waals surface area contributed by atoms with E-state index in [1.54, 1.807) is 0 Å². The van der Waals surface area contributed by atoms with Crippen LogP contribution in [0, 0.1) is 0 Å². The van der Waals surface area contributed by atoms with Crippen LogP contribution in [0.4, 0.5) is 0 Å². The van der Waals surface area contributed by atoms with E-state index in [9.17, 15) is 0 Å². The standard InChI is InChI=1S/C6H5B.2HI/c7-6-4-2-1-3-5-6;;/h1-5H;2*1H/q+2;;/p-2. The van der Waals surface area contributed by atoms with Gasteiger partial charge >= 0.3 is 43.6 Å². The Labute approximate surface area is 90.9 Å². The average Bonchev–Trinajstić information content (AvgIpc) is 1.69. The monoisotopic (exact) mass is 342 g/mol. The van der Waals surface area contributed by atoms with Crippen molar-refractivity contribution in [1.29, 1.82) is 0 Å². The maximum atomic E-state index is 5.36. The zero-order valence-corrected chi connectivity index (χ0v) is 9.04. The Morgan fingerprint density at radius 1 is 0.889 bits per heavy atom. The summed E-state index contributed by atoms with van der Waals surface area (Å²) in [6, 6.07) is 9.49. The van der Waals surface area contributed by atoms with Crippen LogP contribution in [0.1, 0.15) is 0 Å². The normalized spacial score (nSPS) is 6.89. The first-order valence-electron chi connectivity index (χ1n) is 2.20. The molecular formula is C6H5BI2. The van der Waals surface area contributed by atoms with Crippen molar-refractivity contribution in [3.05, 3.63) is 30.3 Å². The molecule has 0 saturated heterocycles. The fourth-order valence-electron chi connectivity index (χ4n) is 0.453. The third kappa shape index (κ3) is 5.20. The molecule has 0 heterocycles. The molecule has 0 aliphatic rings. The van der Waals surface area contributed by atoms with Gasteiger partial charge in [0.2, 0.25) is 0 Å². The van der Waals surface area contributed by atoms with E-state index < -0.39 is 0 Å². The van der Waals surface area contributed by atoms with Crippen LogP contribution in [0.3, 0.4) is 0 Å². The summed E-state index contributed by atoms with van der Waals surface area (Å²) in [5.74, 6) is 0. The van der Waals surface area contributed by atoms with E-state index >= 15 is 0 Å². The summed E-state index contributed by atoms with van der Waals surface area (Å²) in [6.45, 7) is 0. The van der Waals surface area contributed by atoms with Crippen molar-refractivity contribution in [2.24, 2.45) is 0 Å². The molecule has 0 unspecified atom stereocenters. The molecule has 1 aromatic rings. The third-order valence-electron chi connectivity index (χ3n) is 0.800.